The minimum absolute atomic E-state index is 0. The van der Waals surface area contributed by atoms with E-state index in [2.05, 4.69) is 23.7 Å². The summed E-state index contributed by atoms with van der Waals surface area (Å²) in [4.78, 5) is 32.5. The first-order valence-corrected chi connectivity index (χ1v) is 19.1. The van der Waals surface area contributed by atoms with Crippen molar-refractivity contribution in [3.8, 4) is 0 Å². The van der Waals surface area contributed by atoms with Crippen LogP contribution in [0.25, 0.3) is 0 Å². The number of carbonyl (C=O) groups excluding carboxylic acids is 1. The zero-order valence-corrected chi connectivity index (χ0v) is 29.3. The van der Waals surface area contributed by atoms with Crippen LogP contribution in [0, 0.1) is 0 Å². The molecule has 1 unspecified atom stereocenters. The first-order chi connectivity index (χ1) is 20.3. The van der Waals surface area contributed by atoms with Crippen LogP contribution in [0.1, 0.15) is 181 Å². The summed E-state index contributed by atoms with van der Waals surface area (Å²) in [7, 11) is -4.95. The van der Waals surface area contributed by atoms with Crippen LogP contribution in [0.2, 0.25) is 0 Å². The number of carbonyl (C=O) groups is 1. The topological polar surface area (TPSA) is 155 Å². The van der Waals surface area contributed by atoms with E-state index < -0.39 is 26.6 Å². The van der Waals surface area contributed by atoms with E-state index in [1.165, 1.54) is 122 Å². The molecule has 7 N–H and O–H groups in total. The number of nitrogens with one attached hydrogen (secondary N) is 1. The molecule has 0 aromatic carbocycles. The number of hydrogen-bond donors (Lipinski definition) is 4. The normalized spacial score (nSPS) is 14.3. The highest BCUT2D eigenvalue weighted by atomic mass is 31.2. The van der Waals surface area contributed by atoms with Crippen LogP contribution >= 0.6 is 7.82 Å². The molecular weight excluding hydrogens is 563 g/mol. The minimum atomic E-state index is -4.95. The van der Waals surface area contributed by atoms with Gasteiger partial charge in [0.25, 0.3) is 7.82 Å². The molecule has 0 rings (SSSR count). The number of allylic oxidation sites excluding steroid dienone is 1. The molecule has 0 bridgehead atoms. The molecule has 9 heteroatoms. The smallest absolute Gasteiger partial charge is 0.265 e. The van der Waals surface area contributed by atoms with Gasteiger partial charge < -0.3 is 30.9 Å². The molecule has 0 aromatic rings. The van der Waals surface area contributed by atoms with Gasteiger partial charge in [-0.05, 0) is 19.3 Å². The Hall–Kier alpha value is -0.760. The van der Waals surface area contributed by atoms with Crippen molar-refractivity contribution < 1.29 is 28.8 Å². The van der Waals surface area contributed by atoms with E-state index in [0.717, 1.165) is 38.5 Å². The van der Waals surface area contributed by atoms with Crippen LogP contribution in [-0.4, -0.2) is 34.7 Å². The Kier molecular flexibility index (Phi) is 33.7. The Balaban J connectivity index is 0. The molecule has 0 aliphatic rings. The van der Waals surface area contributed by atoms with Gasteiger partial charge in [0.2, 0.25) is 5.91 Å². The highest BCUT2D eigenvalue weighted by molar-refractivity contribution is 7.44. The molecular formula is C34H71N2O6P. The van der Waals surface area contributed by atoms with Crippen molar-refractivity contribution >= 4 is 13.7 Å². The minimum Gasteiger partial charge on any atom is -0.756 e. The van der Waals surface area contributed by atoms with E-state index in [1.807, 2.05) is 6.08 Å². The third kappa shape index (κ3) is 34.0. The second-order valence-corrected chi connectivity index (χ2v) is 13.4. The van der Waals surface area contributed by atoms with Gasteiger partial charge in [0.15, 0.2) is 0 Å². The SMILES string of the molecule is CCCCCCCCCCCCCC=C[C@@H](O)[C@H](COP(=O)([O-])O)NC(=O)CCCCCCCCCCCCCCC.[NH4+]. The maximum Gasteiger partial charge on any atom is 0.265 e. The van der Waals surface area contributed by atoms with Crippen LogP contribution in [-0.2, 0) is 13.9 Å². The lowest BCUT2D eigenvalue weighted by Gasteiger charge is -2.25. The molecule has 0 radical (unpaired) electrons. The van der Waals surface area contributed by atoms with Gasteiger partial charge in [-0.25, -0.2) is 0 Å². The number of aliphatic hydroxyl groups is 1. The summed E-state index contributed by atoms with van der Waals surface area (Å²) in [6.45, 7) is 3.98. The van der Waals surface area contributed by atoms with Crippen LogP contribution in [0.4, 0.5) is 0 Å². The molecule has 1 amide bonds. The van der Waals surface area contributed by atoms with Crippen LogP contribution < -0.4 is 16.4 Å². The predicted molar refractivity (Wildman–Crippen MR) is 180 cm³/mol. The van der Waals surface area contributed by atoms with Crippen LogP contribution in [0.15, 0.2) is 12.2 Å². The van der Waals surface area contributed by atoms with Gasteiger partial charge in [-0.1, -0.05) is 167 Å². The maximum atomic E-state index is 12.5. The number of phosphoric ester groups is 1. The first-order valence-electron chi connectivity index (χ1n) is 17.6. The first kappa shape index (κ1) is 44.4. The van der Waals surface area contributed by atoms with Gasteiger partial charge in [-0.3, -0.25) is 9.36 Å². The summed E-state index contributed by atoms with van der Waals surface area (Å²) >= 11 is 0. The Bertz CT molecular complexity index is 673. The molecule has 258 valence electrons. The summed E-state index contributed by atoms with van der Waals surface area (Å²) in [5.74, 6) is -0.247. The standard InChI is InChI=1S/C34H68NO6P.H3N/c1-3-5-7-9-11-13-15-17-19-21-23-25-27-29-33(36)32(31-41-42(38,39)40)35-34(37)30-28-26-24-22-20-18-16-14-12-10-8-6-4-2;/h27,29,32-33,36H,3-26,28,30-31H2,1-2H3,(H,35,37)(H2,38,39,40);1H3/t32-,33+;/m0./s1. The zero-order chi connectivity index (χ0) is 31.2. The molecule has 43 heavy (non-hydrogen) atoms. The van der Waals surface area contributed by atoms with Crippen LogP contribution in [0.5, 0.6) is 0 Å². The van der Waals surface area contributed by atoms with E-state index in [-0.39, 0.29) is 12.1 Å². The third-order valence-electron chi connectivity index (χ3n) is 7.99. The highest BCUT2D eigenvalue weighted by Gasteiger charge is 2.21. The summed E-state index contributed by atoms with van der Waals surface area (Å²) in [6.07, 6.45) is 33.4. The number of hydrogen-bond acceptors (Lipinski definition) is 5. The fourth-order valence-electron chi connectivity index (χ4n) is 5.28. The summed E-state index contributed by atoms with van der Waals surface area (Å²) in [5, 5.41) is 13.3. The van der Waals surface area contributed by atoms with Crippen molar-refractivity contribution in [3.05, 3.63) is 12.2 Å². The number of quaternary nitrogens is 1. The molecule has 3 atom stereocenters. The fourth-order valence-corrected chi connectivity index (χ4v) is 5.63. The summed E-state index contributed by atoms with van der Waals surface area (Å²) < 4.78 is 15.6. The zero-order valence-electron chi connectivity index (χ0n) is 28.4. The van der Waals surface area contributed by atoms with Gasteiger partial charge in [-0.15, -0.1) is 0 Å². The Morgan fingerprint density at radius 1 is 0.721 bits per heavy atom. The van der Waals surface area contributed by atoms with E-state index in [4.69, 9.17) is 4.89 Å². The molecule has 8 nitrogen and oxygen atoms in total. The van der Waals surface area contributed by atoms with E-state index in [9.17, 15) is 19.4 Å². The molecule has 0 aromatic heterocycles. The van der Waals surface area contributed by atoms with Crippen molar-refractivity contribution in [3.63, 3.8) is 0 Å². The number of aliphatic hydroxyl groups excluding tert-OH is 1. The predicted octanol–water partition coefficient (Wildman–Crippen LogP) is 9.42. The van der Waals surface area contributed by atoms with E-state index in [1.54, 1.807) is 6.08 Å². The molecule has 0 saturated carbocycles. The van der Waals surface area contributed by atoms with Crippen molar-refractivity contribution in [2.75, 3.05) is 6.61 Å². The molecule has 0 spiro atoms. The average molecular weight is 635 g/mol. The number of unbranched alkanes of at least 4 members (excludes halogenated alkanes) is 23. The fraction of sp³-hybridized carbons (Fsp3) is 0.912. The second-order valence-electron chi connectivity index (χ2n) is 12.2. The molecule has 0 fully saturated rings. The van der Waals surface area contributed by atoms with Gasteiger partial charge in [0.05, 0.1) is 18.8 Å². The molecule has 0 saturated heterocycles. The second kappa shape index (κ2) is 32.6. The molecule has 0 heterocycles. The van der Waals surface area contributed by atoms with Crippen molar-refractivity contribution in [2.45, 2.75) is 193 Å². The average Bonchev–Trinajstić information content (AvgIpc) is 2.95. The van der Waals surface area contributed by atoms with Gasteiger partial charge in [0.1, 0.15) is 0 Å². The number of phosphoric acid groups is 1. The summed E-state index contributed by atoms with van der Waals surface area (Å²) in [5.41, 5.74) is 0. The molecule has 0 aliphatic carbocycles. The Morgan fingerprint density at radius 3 is 1.49 bits per heavy atom. The quantitative estimate of drug-likeness (QED) is 0.0328. The maximum absolute atomic E-state index is 12.5. The monoisotopic (exact) mass is 635 g/mol. The Morgan fingerprint density at radius 2 is 1.09 bits per heavy atom. The van der Waals surface area contributed by atoms with Gasteiger partial charge in [-0.2, -0.15) is 0 Å². The van der Waals surface area contributed by atoms with Crippen molar-refractivity contribution in [1.29, 1.82) is 0 Å². The number of amides is 1. The lowest BCUT2D eigenvalue weighted by atomic mass is 10.0. The van der Waals surface area contributed by atoms with E-state index >= 15 is 0 Å². The van der Waals surface area contributed by atoms with Gasteiger partial charge in [0, 0.05) is 6.42 Å². The highest BCUT2D eigenvalue weighted by Crippen LogP contribution is 2.30. The summed E-state index contributed by atoms with van der Waals surface area (Å²) in [6, 6.07) is -0.942. The van der Waals surface area contributed by atoms with Crippen molar-refractivity contribution in [1.82, 2.24) is 11.5 Å². The Labute approximate surface area is 265 Å². The van der Waals surface area contributed by atoms with Gasteiger partial charge >= 0.3 is 0 Å². The lowest BCUT2D eigenvalue weighted by Crippen LogP contribution is -2.45. The third-order valence-corrected chi connectivity index (χ3v) is 8.47. The largest absolute Gasteiger partial charge is 0.756 e. The van der Waals surface area contributed by atoms with Crippen molar-refractivity contribution in [2.24, 2.45) is 0 Å². The lowest BCUT2D eigenvalue weighted by molar-refractivity contribution is -0.220. The van der Waals surface area contributed by atoms with Crippen LogP contribution in [0.3, 0.4) is 0 Å². The number of rotatable bonds is 32. The van der Waals surface area contributed by atoms with E-state index in [0.29, 0.717) is 6.42 Å². The molecule has 0 aliphatic heterocycles.